The van der Waals surface area contributed by atoms with Crippen LogP contribution in [0.2, 0.25) is 0 Å². The Morgan fingerprint density at radius 1 is 1.15 bits per heavy atom. The Bertz CT molecular complexity index is 901. The molecule has 0 unspecified atom stereocenters. The van der Waals surface area contributed by atoms with Gasteiger partial charge in [0.2, 0.25) is 5.91 Å². The molecule has 0 aliphatic heterocycles. The topological polar surface area (TPSA) is 56.2 Å². The maximum Gasteiger partial charge on any atom is 0.220 e. The van der Waals surface area contributed by atoms with Gasteiger partial charge in [0.25, 0.3) is 0 Å². The van der Waals surface area contributed by atoms with Gasteiger partial charge in [0, 0.05) is 13.0 Å². The Labute approximate surface area is 160 Å². The van der Waals surface area contributed by atoms with Crippen LogP contribution in [0.5, 0.6) is 5.75 Å². The van der Waals surface area contributed by atoms with Crippen LogP contribution in [0.1, 0.15) is 37.6 Å². The molecular formula is C22H27N3O2. The van der Waals surface area contributed by atoms with E-state index in [1.54, 1.807) is 0 Å². The van der Waals surface area contributed by atoms with E-state index in [9.17, 15) is 4.79 Å². The van der Waals surface area contributed by atoms with Crippen LogP contribution in [0.25, 0.3) is 11.0 Å². The predicted octanol–water partition coefficient (Wildman–Crippen LogP) is 4.23. The summed E-state index contributed by atoms with van der Waals surface area (Å²) in [6, 6.07) is 16.2. The second-order valence-corrected chi connectivity index (χ2v) is 6.67. The highest BCUT2D eigenvalue weighted by Crippen LogP contribution is 2.17. The number of nitrogens with one attached hydrogen (secondary N) is 1. The minimum absolute atomic E-state index is 0.0418. The van der Waals surface area contributed by atoms with Gasteiger partial charge in [0.15, 0.2) is 0 Å². The van der Waals surface area contributed by atoms with Crippen molar-refractivity contribution in [3.05, 3.63) is 59.9 Å². The van der Waals surface area contributed by atoms with Gasteiger partial charge in [0.05, 0.1) is 24.2 Å². The Morgan fingerprint density at radius 3 is 2.81 bits per heavy atom. The average molecular weight is 365 g/mol. The first-order valence-electron chi connectivity index (χ1n) is 9.57. The van der Waals surface area contributed by atoms with Crippen molar-refractivity contribution in [2.24, 2.45) is 0 Å². The smallest absolute Gasteiger partial charge is 0.220 e. The van der Waals surface area contributed by atoms with Crippen LogP contribution >= 0.6 is 0 Å². The zero-order valence-electron chi connectivity index (χ0n) is 16.1. The molecule has 0 saturated carbocycles. The summed E-state index contributed by atoms with van der Waals surface area (Å²) in [4.78, 5) is 16.3. The van der Waals surface area contributed by atoms with Crippen LogP contribution in [0.4, 0.5) is 0 Å². The van der Waals surface area contributed by atoms with E-state index < -0.39 is 0 Å². The largest absolute Gasteiger partial charge is 0.494 e. The lowest BCUT2D eigenvalue weighted by Gasteiger charge is -2.11. The predicted molar refractivity (Wildman–Crippen MR) is 108 cm³/mol. The first-order chi connectivity index (χ1) is 13.2. The Hall–Kier alpha value is -2.82. The summed E-state index contributed by atoms with van der Waals surface area (Å²) in [7, 11) is 0. The van der Waals surface area contributed by atoms with Gasteiger partial charge in [-0.1, -0.05) is 31.2 Å². The number of unbranched alkanes of at least 4 members (excludes halogenated alkanes) is 1. The summed E-state index contributed by atoms with van der Waals surface area (Å²) < 4.78 is 8.04. The molecule has 0 radical (unpaired) electrons. The fourth-order valence-corrected chi connectivity index (χ4v) is 3.08. The fourth-order valence-electron chi connectivity index (χ4n) is 3.08. The quantitative estimate of drug-likeness (QED) is 0.577. The highest BCUT2D eigenvalue weighted by atomic mass is 16.5. The SMILES string of the molecule is CCC(=O)NCc1nc2ccccc2n1CCCCOc1cccc(C)c1. The van der Waals surface area contributed by atoms with E-state index in [1.165, 1.54) is 5.56 Å². The van der Waals surface area contributed by atoms with E-state index in [-0.39, 0.29) is 5.91 Å². The molecule has 2 aromatic carbocycles. The third-order valence-corrected chi connectivity index (χ3v) is 4.53. The van der Waals surface area contributed by atoms with Gasteiger partial charge < -0.3 is 14.6 Å². The zero-order valence-corrected chi connectivity index (χ0v) is 16.1. The number of amides is 1. The number of imidazole rings is 1. The second kappa shape index (κ2) is 9.21. The summed E-state index contributed by atoms with van der Waals surface area (Å²) in [5.41, 5.74) is 3.28. The van der Waals surface area contributed by atoms with Crippen molar-refractivity contribution in [2.45, 2.75) is 46.2 Å². The van der Waals surface area contributed by atoms with Crippen LogP contribution in [0.3, 0.4) is 0 Å². The van der Waals surface area contributed by atoms with Crippen LogP contribution < -0.4 is 10.1 Å². The van der Waals surface area contributed by atoms with E-state index in [1.807, 2.05) is 37.3 Å². The Kier molecular flexibility index (Phi) is 6.47. The normalized spacial score (nSPS) is 10.9. The van der Waals surface area contributed by atoms with Crippen LogP contribution in [0, 0.1) is 6.92 Å². The summed E-state index contributed by atoms with van der Waals surface area (Å²) in [6.07, 6.45) is 2.43. The van der Waals surface area contributed by atoms with E-state index >= 15 is 0 Å². The Balaban J connectivity index is 1.58. The average Bonchev–Trinajstić information content (AvgIpc) is 3.03. The molecule has 3 rings (SSSR count). The molecule has 0 aliphatic carbocycles. The molecule has 3 aromatic rings. The summed E-state index contributed by atoms with van der Waals surface area (Å²) in [6.45, 7) is 5.93. The molecule has 0 spiro atoms. The number of fused-ring (bicyclic) bond motifs is 1. The first-order valence-corrected chi connectivity index (χ1v) is 9.57. The van der Waals surface area contributed by atoms with Crippen molar-refractivity contribution in [1.82, 2.24) is 14.9 Å². The fraction of sp³-hybridized carbons (Fsp3) is 0.364. The van der Waals surface area contributed by atoms with Gasteiger partial charge in [-0.15, -0.1) is 0 Å². The third kappa shape index (κ3) is 5.09. The molecule has 0 atom stereocenters. The molecule has 1 heterocycles. The molecular weight excluding hydrogens is 338 g/mol. The molecule has 1 N–H and O–H groups in total. The molecule has 0 saturated heterocycles. The summed E-state index contributed by atoms with van der Waals surface area (Å²) >= 11 is 0. The monoisotopic (exact) mass is 365 g/mol. The molecule has 5 nitrogen and oxygen atoms in total. The molecule has 0 aliphatic rings. The van der Waals surface area contributed by atoms with Gasteiger partial charge in [-0.2, -0.15) is 0 Å². The number of aryl methyl sites for hydroxylation is 2. The molecule has 0 bridgehead atoms. The maximum atomic E-state index is 11.6. The van der Waals surface area contributed by atoms with Gasteiger partial charge in [-0.25, -0.2) is 4.98 Å². The van der Waals surface area contributed by atoms with Crippen LogP contribution in [-0.4, -0.2) is 22.1 Å². The number of aromatic nitrogens is 2. The standard InChI is InChI=1S/C22H27N3O2/c1-3-22(26)23-16-21-24-19-11-4-5-12-20(19)25(21)13-6-7-14-27-18-10-8-9-17(2)15-18/h4-5,8-12,15H,3,6-7,13-14,16H2,1-2H3,(H,23,26). The van der Waals surface area contributed by atoms with Crippen molar-refractivity contribution in [3.63, 3.8) is 0 Å². The molecule has 27 heavy (non-hydrogen) atoms. The van der Waals surface area contributed by atoms with Gasteiger partial charge in [-0.3, -0.25) is 4.79 Å². The van der Waals surface area contributed by atoms with Gasteiger partial charge in [0.1, 0.15) is 11.6 Å². The van der Waals surface area contributed by atoms with Crippen LogP contribution in [-0.2, 0) is 17.9 Å². The first kappa shape index (κ1) is 19.0. The third-order valence-electron chi connectivity index (χ3n) is 4.53. The van der Waals surface area contributed by atoms with E-state index in [2.05, 4.69) is 35.0 Å². The number of rotatable bonds is 9. The molecule has 1 amide bonds. The number of hydrogen-bond donors (Lipinski definition) is 1. The van der Waals surface area contributed by atoms with Gasteiger partial charge in [-0.05, 0) is 49.6 Å². The molecule has 142 valence electrons. The lowest BCUT2D eigenvalue weighted by molar-refractivity contribution is -0.120. The molecule has 0 fully saturated rings. The van der Waals surface area contributed by atoms with Crippen LogP contribution in [0.15, 0.2) is 48.5 Å². The summed E-state index contributed by atoms with van der Waals surface area (Å²) in [5, 5.41) is 2.93. The highest BCUT2D eigenvalue weighted by molar-refractivity contribution is 5.77. The number of nitrogens with zero attached hydrogens (tertiary/aromatic N) is 2. The van der Waals surface area contributed by atoms with Gasteiger partial charge >= 0.3 is 0 Å². The number of para-hydroxylation sites is 2. The van der Waals surface area contributed by atoms with Crippen molar-refractivity contribution < 1.29 is 9.53 Å². The number of ether oxygens (including phenoxy) is 1. The second-order valence-electron chi connectivity index (χ2n) is 6.67. The minimum atomic E-state index is 0.0418. The number of hydrogen-bond acceptors (Lipinski definition) is 3. The molecule has 1 aromatic heterocycles. The molecule has 5 heteroatoms. The number of benzene rings is 2. The van der Waals surface area contributed by atoms with Crippen molar-refractivity contribution >= 4 is 16.9 Å². The Morgan fingerprint density at radius 2 is 2.00 bits per heavy atom. The van der Waals surface area contributed by atoms with E-state index in [0.717, 1.165) is 42.0 Å². The zero-order chi connectivity index (χ0) is 19.1. The van der Waals surface area contributed by atoms with E-state index in [4.69, 9.17) is 9.72 Å². The van der Waals surface area contributed by atoms with Crippen molar-refractivity contribution in [1.29, 1.82) is 0 Å². The minimum Gasteiger partial charge on any atom is -0.494 e. The van der Waals surface area contributed by atoms with E-state index in [0.29, 0.717) is 19.6 Å². The maximum absolute atomic E-state index is 11.6. The number of carbonyl (C=O) groups excluding carboxylic acids is 1. The lowest BCUT2D eigenvalue weighted by Crippen LogP contribution is -2.23. The van der Waals surface area contributed by atoms with Crippen molar-refractivity contribution in [3.8, 4) is 5.75 Å². The number of carbonyl (C=O) groups is 1. The highest BCUT2D eigenvalue weighted by Gasteiger charge is 2.11. The lowest BCUT2D eigenvalue weighted by atomic mass is 10.2. The summed E-state index contributed by atoms with van der Waals surface area (Å²) in [5.74, 6) is 1.86. The van der Waals surface area contributed by atoms with Crippen molar-refractivity contribution in [2.75, 3.05) is 6.61 Å².